The van der Waals surface area contributed by atoms with Crippen molar-refractivity contribution in [2.24, 2.45) is 0 Å². The first-order chi connectivity index (χ1) is 13.9. The molecular formula is C19H16ClN5O. The van der Waals surface area contributed by atoms with Gasteiger partial charge in [0.25, 0.3) is 0 Å². The zero-order valence-corrected chi connectivity index (χ0v) is 14.3. The molecule has 4 aromatic rings. The van der Waals surface area contributed by atoms with Crippen molar-refractivity contribution in [3.63, 3.8) is 0 Å². The summed E-state index contributed by atoms with van der Waals surface area (Å²) in [5.74, 6) is 1.22. The summed E-state index contributed by atoms with van der Waals surface area (Å²) in [6.07, 6.45) is 1.60. The fourth-order valence-corrected chi connectivity index (χ4v) is 2.94. The third kappa shape index (κ3) is 2.74. The Labute approximate surface area is 159 Å². The van der Waals surface area contributed by atoms with Crippen LogP contribution in [0, 0.1) is 0 Å². The molecule has 0 atom stereocenters. The van der Waals surface area contributed by atoms with E-state index in [2.05, 4.69) is 15.0 Å². The minimum atomic E-state index is -2.61. The number of rotatable bonds is 4. The number of fused-ring (bicyclic) bond motifs is 1. The lowest BCUT2D eigenvalue weighted by atomic mass is 10.2. The van der Waals surface area contributed by atoms with Gasteiger partial charge in [0.2, 0.25) is 5.88 Å². The van der Waals surface area contributed by atoms with Crippen LogP contribution >= 0.6 is 11.6 Å². The first-order valence-corrected chi connectivity index (χ1v) is 8.34. The molecule has 0 amide bonds. The molecule has 0 aliphatic carbocycles. The molecule has 0 fully saturated rings. The van der Waals surface area contributed by atoms with Gasteiger partial charge in [-0.2, -0.15) is 4.98 Å². The van der Waals surface area contributed by atoms with E-state index in [-0.39, 0.29) is 5.88 Å². The maximum atomic E-state index is 7.32. The molecule has 1 aromatic carbocycles. The Morgan fingerprint density at radius 3 is 2.73 bits per heavy atom. The summed E-state index contributed by atoms with van der Waals surface area (Å²) >= 11 is 5.90. The lowest BCUT2D eigenvalue weighted by Gasteiger charge is -2.11. The van der Waals surface area contributed by atoms with Crippen LogP contribution in [0.5, 0.6) is 5.88 Å². The highest BCUT2D eigenvalue weighted by Gasteiger charge is 2.18. The minimum Gasteiger partial charge on any atom is -0.481 e. The highest BCUT2D eigenvalue weighted by Crippen LogP contribution is 2.31. The monoisotopic (exact) mass is 368 g/mol. The number of benzene rings is 1. The highest BCUT2D eigenvalue weighted by molar-refractivity contribution is 6.17. The number of nitrogens with zero attached hydrogens (tertiary/aromatic N) is 4. The normalized spacial score (nSPS) is 13.2. The molecule has 7 heteroatoms. The first kappa shape index (κ1) is 13.1. The van der Waals surface area contributed by atoms with Gasteiger partial charge in [-0.05, 0) is 35.9 Å². The molecule has 0 saturated carbocycles. The average molecular weight is 369 g/mol. The lowest BCUT2D eigenvalue weighted by molar-refractivity contribution is 0.399. The zero-order valence-electron chi connectivity index (χ0n) is 16.6. The molecule has 0 aliphatic rings. The number of nitrogens with two attached hydrogens (primary N) is 1. The van der Waals surface area contributed by atoms with Crippen molar-refractivity contribution in [1.82, 2.24) is 19.5 Å². The third-order valence-electron chi connectivity index (χ3n) is 4.01. The smallest absolute Gasteiger partial charge is 0.215 e. The average Bonchev–Trinajstić information content (AvgIpc) is 3.05. The minimum absolute atomic E-state index is 0.0262. The largest absolute Gasteiger partial charge is 0.481 e. The molecule has 130 valence electrons. The summed E-state index contributed by atoms with van der Waals surface area (Å²) in [6, 6.07) is 14.3. The number of anilines is 1. The number of pyridine rings is 2. The SMILES string of the molecule is [2H]C([2H])([2H])Oc1ccc2nc(-c3cccnc3N)n(-c3ccc(CCl)cc3)c2n1. The van der Waals surface area contributed by atoms with E-state index in [0.717, 1.165) is 11.3 Å². The summed E-state index contributed by atoms with van der Waals surface area (Å²) in [5.41, 5.74) is 9.42. The van der Waals surface area contributed by atoms with Crippen LogP contribution in [0.1, 0.15) is 9.68 Å². The van der Waals surface area contributed by atoms with Gasteiger partial charge in [-0.15, -0.1) is 11.6 Å². The second kappa shape index (κ2) is 6.65. The summed E-state index contributed by atoms with van der Waals surface area (Å²) in [7, 11) is -2.61. The molecule has 0 unspecified atom stereocenters. The number of ether oxygens (including phenoxy) is 1. The van der Waals surface area contributed by atoms with Crippen molar-refractivity contribution in [1.29, 1.82) is 0 Å². The van der Waals surface area contributed by atoms with Crippen LogP contribution in [0.25, 0.3) is 28.2 Å². The summed E-state index contributed by atoms with van der Waals surface area (Å²) in [6.45, 7) is 0. The lowest BCUT2D eigenvalue weighted by Crippen LogP contribution is -2.02. The summed E-state index contributed by atoms with van der Waals surface area (Å²) in [5, 5.41) is 0. The Hall–Kier alpha value is -3.12. The van der Waals surface area contributed by atoms with Crippen molar-refractivity contribution >= 4 is 28.6 Å². The quantitative estimate of drug-likeness (QED) is 0.554. The van der Waals surface area contributed by atoms with Crippen molar-refractivity contribution in [2.45, 2.75) is 5.88 Å². The number of hydrogen-bond acceptors (Lipinski definition) is 5. The molecule has 0 radical (unpaired) electrons. The third-order valence-corrected chi connectivity index (χ3v) is 4.32. The number of nitrogen functional groups attached to an aromatic ring is 1. The van der Waals surface area contributed by atoms with Gasteiger partial charge in [0.05, 0.1) is 16.7 Å². The van der Waals surface area contributed by atoms with E-state index in [0.29, 0.717) is 34.2 Å². The molecule has 0 saturated heterocycles. The van der Waals surface area contributed by atoms with E-state index >= 15 is 0 Å². The molecule has 6 nitrogen and oxygen atoms in total. The second-order valence-electron chi connectivity index (χ2n) is 5.60. The van der Waals surface area contributed by atoms with Crippen LogP contribution in [-0.2, 0) is 5.88 Å². The first-order valence-electron chi connectivity index (χ1n) is 9.30. The number of methoxy groups -OCH3 is 1. The Morgan fingerprint density at radius 2 is 2.00 bits per heavy atom. The van der Waals surface area contributed by atoms with Gasteiger partial charge in [-0.3, -0.25) is 4.57 Å². The number of hydrogen-bond donors (Lipinski definition) is 1. The zero-order chi connectivity index (χ0) is 20.6. The van der Waals surface area contributed by atoms with Crippen LogP contribution in [0.4, 0.5) is 5.82 Å². The Kier molecular flexibility index (Phi) is 3.36. The van der Waals surface area contributed by atoms with Gasteiger partial charge in [-0.1, -0.05) is 12.1 Å². The number of alkyl halides is 1. The van der Waals surface area contributed by atoms with Gasteiger partial charge in [0, 0.05) is 23.8 Å². The van der Waals surface area contributed by atoms with Crippen LogP contribution < -0.4 is 10.5 Å². The summed E-state index contributed by atoms with van der Waals surface area (Å²) in [4.78, 5) is 13.2. The predicted octanol–water partition coefficient (Wildman–Crippen LogP) is 3.81. The topological polar surface area (TPSA) is 78.9 Å². The van der Waals surface area contributed by atoms with Crippen molar-refractivity contribution in [3.05, 3.63) is 60.3 Å². The molecule has 4 rings (SSSR count). The van der Waals surface area contributed by atoms with Crippen LogP contribution in [0.2, 0.25) is 0 Å². The van der Waals surface area contributed by atoms with Crippen molar-refractivity contribution in [3.8, 4) is 23.0 Å². The van der Waals surface area contributed by atoms with E-state index in [4.69, 9.17) is 26.2 Å². The fraction of sp³-hybridized carbons (Fsp3) is 0.105. The van der Waals surface area contributed by atoms with E-state index in [1.807, 2.05) is 30.3 Å². The standard InChI is InChI=1S/C19H16ClN5O/c1-26-16-9-8-15-19(24-16)25(13-6-4-12(11-20)5-7-13)18(23-15)14-3-2-10-22-17(14)21/h2-10H,11H2,1H3,(H2,21,22)/i1D3. The second-order valence-corrected chi connectivity index (χ2v) is 5.87. The maximum absolute atomic E-state index is 7.32. The molecule has 0 bridgehead atoms. The predicted molar refractivity (Wildman–Crippen MR) is 103 cm³/mol. The molecule has 2 N–H and O–H groups in total. The molecule has 0 spiro atoms. The molecule has 0 aliphatic heterocycles. The van der Waals surface area contributed by atoms with Crippen LogP contribution in [-0.4, -0.2) is 26.6 Å². The molecule has 26 heavy (non-hydrogen) atoms. The summed E-state index contributed by atoms with van der Waals surface area (Å²) < 4.78 is 28.7. The Balaban J connectivity index is 1.97. The van der Waals surface area contributed by atoms with Gasteiger partial charge in [0.15, 0.2) is 11.5 Å². The Morgan fingerprint density at radius 1 is 1.15 bits per heavy atom. The molecule has 3 aromatic heterocycles. The number of imidazole rings is 1. The van der Waals surface area contributed by atoms with Crippen molar-refractivity contribution in [2.75, 3.05) is 12.8 Å². The van der Waals surface area contributed by atoms with Crippen LogP contribution in [0.3, 0.4) is 0 Å². The maximum Gasteiger partial charge on any atom is 0.215 e. The highest BCUT2D eigenvalue weighted by atomic mass is 35.5. The van der Waals surface area contributed by atoms with Gasteiger partial charge >= 0.3 is 0 Å². The Bertz CT molecular complexity index is 1170. The molecule has 3 heterocycles. The van der Waals surface area contributed by atoms with E-state index in [1.165, 1.54) is 6.07 Å². The molecular weight excluding hydrogens is 350 g/mol. The van der Waals surface area contributed by atoms with Crippen LogP contribution in [0.15, 0.2) is 54.7 Å². The van der Waals surface area contributed by atoms with Gasteiger partial charge in [-0.25, -0.2) is 9.97 Å². The van der Waals surface area contributed by atoms with E-state index < -0.39 is 7.04 Å². The van der Waals surface area contributed by atoms with E-state index in [9.17, 15) is 0 Å². The fourth-order valence-electron chi connectivity index (χ4n) is 2.76. The van der Waals surface area contributed by atoms with Gasteiger partial charge < -0.3 is 10.5 Å². The van der Waals surface area contributed by atoms with Crippen molar-refractivity contribution < 1.29 is 8.85 Å². The number of aromatic nitrogens is 4. The van der Waals surface area contributed by atoms with E-state index in [1.54, 1.807) is 22.9 Å². The number of halogens is 1. The van der Waals surface area contributed by atoms with Gasteiger partial charge in [0.1, 0.15) is 11.3 Å².